The van der Waals surface area contributed by atoms with Gasteiger partial charge in [-0.25, -0.2) is 9.38 Å². The first kappa shape index (κ1) is 19.4. The van der Waals surface area contributed by atoms with E-state index in [-0.39, 0.29) is 5.60 Å². The van der Waals surface area contributed by atoms with Crippen LogP contribution in [0.5, 0.6) is 0 Å². The quantitative estimate of drug-likeness (QED) is 0.329. The van der Waals surface area contributed by atoms with Crippen LogP contribution in [0.1, 0.15) is 38.1 Å². The van der Waals surface area contributed by atoms with Crippen molar-refractivity contribution in [2.24, 2.45) is 0 Å². The van der Waals surface area contributed by atoms with E-state index in [4.69, 9.17) is 14.5 Å². The van der Waals surface area contributed by atoms with E-state index in [1.165, 1.54) is 10.4 Å². The number of hydrogen-bond donors (Lipinski definition) is 0. The van der Waals surface area contributed by atoms with Crippen molar-refractivity contribution in [1.29, 1.82) is 0 Å². The third-order valence-corrected chi connectivity index (χ3v) is 7.32. The van der Waals surface area contributed by atoms with E-state index in [2.05, 4.69) is 42.3 Å². The van der Waals surface area contributed by atoms with E-state index in [0.29, 0.717) is 18.5 Å². The summed E-state index contributed by atoms with van der Waals surface area (Å²) in [5.41, 5.74) is 2.07. The Labute approximate surface area is 171 Å². The predicted molar refractivity (Wildman–Crippen MR) is 112 cm³/mol. The molecule has 3 aromatic rings. The molecular weight excluding hydrogens is 400 g/mol. The van der Waals surface area contributed by atoms with E-state index in [0.717, 1.165) is 38.4 Å². The molecule has 6 nitrogen and oxygen atoms in total. The molecule has 4 heterocycles. The van der Waals surface area contributed by atoms with Crippen LogP contribution >= 0.6 is 34.9 Å². The highest BCUT2D eigenvalue weighted by Gasteiger charge is 2.31. The van der Waals surface area contributed by atoms with Crippen molar-refractivity contribution in [3.05, 3.63) is 10.4 Å². The second kappa shape index (κ2) is 7.51. The molecule has 1 aliphatic rings. The molecule has 0 saturated carbocycles. The van der Waals surface area contributed by atoms with Crippen molar-refractivity contribution >= 4 is 50.7 Å². The second-order valence-corrected chi connectivity index (χ2v) is 11.1. The number of thioether (sulfide) groups is 2. The van der Waals surface area contributed by atoms with Gasteiger partial charge in [0.2, 0.25) is 0 Å². The smallest absolute Gasteiger partial charge is 0.197 e. The normalized spacial score (nSPS) is 16.5. The minimum Gasteiger partial charge on any atom is -0.384 e. The molecule has 4 rings (SSSR count). The SMILES string of the molecule is COCCSc1nnc2c3c4c(sc3nc(SC(C)C)n12)COC(C)(C)C4. The van der Waals surface area contributed by atoms with E-state index in [1.54, 1.807) is 42.0 Å². The first-order valence-electron chi connectivity index (χ1n) is 9.01. The lowest BCUT2D eigenvalue weighted by Gasteiger charge is -2.30. The number of methoxy groups -OCH3 is 1. The van der Waals surface area contributed by atoms with Gasteiger partial charge in [-0.3, -0.25) is 0 Å². The third kappa shape index (κ3) is 3.72. The second-order valence-electron chi connectivity index (χ2n) is 7.45. The summed E-state index contributed by atoms with van der Waals surface area (Å²) in [6, 6.07) is 0. The predicted octanol–water partition coefficient (Wildman–Crippen LogP) is 4.43. The molecule has 0 N–H and O–H groups in total. The van der Waals surface area contributed by atoms with E-state index in [9.17, 15) is 0 Å². The molecule has 27 heavy (non-hydrogen) atoms. The van der Waals surface area contributed by atoms with Gasteiger partial charge in [0.05, 0.1) is 24.2 Å². The Kier molecular flexibility index (Phi) is 5.41. The Morgan fingerprint density at radius 3 is 2.85 bits per heavy atom. The summed E-state index contributed by atoms with van der Waals surface area (Å²) in [6.07, 6.45) is 0.870. The lowest BCUT2D eigenvalue weighted by Crippen LogP contribution is -2.31. The first-order valence-corrected chi connectivity index (χ1v) is 11.7. The Morgan fingerprint density at radius 1 is 1.30 bits per heavy atom. The van der Waals surface area contributed by atoms with Crippen LogP contribution in [0.2, 0.25) is 0 Å². The fourth-order valence-corrected chi connectivity index (χ4v) is 6.08. The number of fused-ring (bicyclic) bond motifs is 5. The van der Waals surface area contributed by atoms with Crippen LogP contribution in [0.3, 0.4) is 0 Å². The number of hydrogen-bond acceptors (Lipinski definition) is 8. The van der Waals surface area contributed by atoms with Crippen molar-refractivity contribution in [3.8, 4) is 0 Å². The number of rotatable bonds is 6. The average Bonchev–Trinajstić information content (AvgIpc) is 3.15. The molecule has 0 saturated heterocycles. The van der Waals surface area contributed by atoms with Gasteiger partial charge >= 0.3 is 0 Å². The molecule has 0 spiro atoms. The highest BCUT2D eigenvalue weighted by Crippen LogP contribution is 2.41. The van der Waals surface area contributed by atoms with Crippen molar-refractivity contribution < 1.29 is 9.47 Å². The maximum atomic E-state index is 6.02. The van der Waals surface area contributed by atoms with Gasteiger partial charge in [-0.05, 0) is 19.4 Å². The molecule has 0 aromatic carbocycles. The maximum absolute atomic E-state index is 6.02. The molecule has 0 unspecified atom stereocenters. The van der Waals surface area contributed by atoms with Gasteiger partial charge in [0.1, 0.15) is 4.83 Å². The van der Waals surface area contributed by atoms with Gasteiger partial charge < -0.3 is 9.47 Å². The van der Waals surface area contributed by atoms with Gasteiger partial charge in [0.15, 0.2) is 16.0 Å². The average molecular weight is 425 g/mol. The Bertz CT molecular complexity index is 980. The largest absolute Gasteiger partial charge is 0.384 e. The van der Waals surface area contributed by atoms with Gasteiger partial charge in [0, 0.05) is 29.4 Å². The molecule has 0 fully saturated rings. The maximum Gasteiger partial charge on any atom is 0.197 e. The van der Waals surface area contributed by atoms with Gasteiger partial charge in [-0.2, -0.15) is 0 Å². The third-order valence-electron chi connectivity index (χ3n) is 4.37. The van der Waals surface area contributed by atoms with Crippen molar-refractivity contribution in [2.75, 3.05) is 19.5 Å². The minimum atomic E-state index is -0.167. The molecule has 0 aliphatic carbocycles. The molecular formula is C18H24N4O2S3. The zero-order valence-electron chi connectivity index (χ0n) is 16.2. The van der Waals surface area contributed by atoms with Gasteiger partial charge in [-0.15, -0.1) is 21.5 Å². The molecule has 0 bridgehead atoms. The molecule has 146 valence electrons. The zero-order chi connectivity index (χ0) is 19.2. The highest BCUT2D eigenvalue weighted by molar-refractivity contribution is 8.00. The zero-order valence-corrected chi connectivity index (χ0v) is 18.7. The number of ether oxygens (including phenoxy) is 2. The standard InChI is InChI=1S/C18H24N4O2S3/c1-10(2)26-16-19-15-13(11-8-18(3,4)24-9-12(11)27-15)14-20-21-17(22(14)16)25-7-6-23-5/h10H,6-9H2,1-5H3. The molecule has 0 amide bonds. The van der Waals surface area contributed by atoms with Gasteiger partial charge in [0.25, 0.3) is 0 Å². The van der Waals surface area contributed by atoms with Crippen LogP contribution in [-0.4, -0.2) is 49.9 Å². The Hall–Kier alpha value is -0.870. The van der Waals surface area contributed by atoms with E-state index >= 15 is 0 Å². The van der Waals surface area contributed by atoms with Crippen LogP contribution in [0.25, 0.3) is 15.9 Å². The lowest BCUT2D eigenvalue weighted by atomic mass is 9.94. The molecule has 0 radical (unpaired) electrons. The Balaban J connectivity index is 1.91. The highest BCUT2D eigenvalue weighted by atomic mass is 32.2. The van der Waals surface area contributed by atoms with E-state index in [1.807, 2.05) is 0 Å². The van der Waals surface area contributed by atoms with Crippen LogP contribution in [0, 0.1) is 0 Å². The molecule has 1 aliphatic heterocycles. The van der Waals surface area contributed by atoms with Crippen LogP contribution < -0.4 is 0 Å². The van der Waals surface area contributed by atoms with E-state index < -0.39 is 0 Å². The van der Waals surface area contributed by atoms with Crippen molar-refractivity contribution in [3.63, 3.8) is 0 Å². The molecule has 9 heteroatoms. The van der Waals surface area contributed by atoms with Crippen LogP contribution in [-0.2, 0) is 22.5 Å². The first-order chi connectivity index (χ1) is 12.9. The van der Waals surface area contributed by atoms with Crippen LogP contribution in [0.15, 0.2) is 10.3 Å². The molecule has 3 aromatic heterocycles. The summed E-state index contributed by atoms with van der Waals surface area (Å²) in [4.78, 5) is 7.33. The topological polar surface area (TPSA) is 61.5 Å². The minimum absolute atomic E-state index is 0.167. The lowest BCUT2D eigenvalue weighted by molar-refractivity contribution is -0.0379. The van der Waals surface area contributed by atoms with Crippen molar-refractivity contribution in [1.82, 2.24) is 19.6 Å². The fourth-order valence-electron chi connectivity index (χ4n) is 3.19. The summed E-state index contributed by atoms with van der Waals surface area (Å²) in [5.74, 6) is 0.837. The van der Waals surface area contributed by atoms with Crippen molar-refractivity contribution in [2.45, 2.75) is 61.9 Å². The molecule has 0 atom stereocenters. The van der Waals surface area contributed by atoms with Gasteiger partial charge in [-0.1, -0.05) is 37.4 Å². The summed E-state index contributed by atoms with van der Waals surface area (Å²) in [7, 11) is 1.72. The monoisotopic (exact) mass is 424 g/mol. The number of thiophene rings is 1. The number of nitrogens with zero attached hydrogens (tertiary/aromatic N) is 4. The summed E-state index contributed by atoms with van der Waals surface area (Å²) in [5, 5.41) is 12.5. The fraction of sp³-hybridized carbons (Fsp3) is 0.611. The summed E-state index contributed by atoms with van der Waals surface area (Å²) < 4.78 is 13.3. The number of aromatic nitrogens is 4. The Morgan fingerprint density at radius 2 is 2.11 bits per heavy atom. The summed E-state index contributed by atoms with van der Waals surface area (Å²) in [6.45, 7) is 9.97. The van der Waals surface area contributed by atoms with Crippen LogP contribution in [0.4, 0.5) is 0 Å². The summed E-state index contributed by atoms with van der Waals surface area (Å²) >= 11 is 5.14.